The van der Waals surface area contributed by atoms with Crippen LogP contribution in [0.5, 0.6) is 0 Å². The van der Waals surface area contributed by atoms with Crippen LogP contribution in [0.3, 0.4) is 0 Å². The normalized spacial score (nSPS) is 27.3. The number of carbonyl (C=O) groups is 3. The average Bonchev–Trinajstić information content (AvgIpc) is 3.65. The zero-order valence-corrected chi connectivity index (χ0v) is 25.6. The summed E-state index contributed by atoms with van der Waals surface area (Å²) >= 11 is 6.19. The van der Waals surface area contributed by atoms with Crippen LogP contribution in [0, 0.1) is 11.2 Å². The molecule has 1 N–H and O–H groups in total. The maximum absolute atomic E-state index is 15.8. The van der Waals surface area contributed by atoms with Crippen molar-refractivity contribution in [3.05, 3.63) is 75.1 Å². The topological polar surface area (TPSA) is 73.0 Å². The van der Waals surface area contributed by atoms with Gasteiger partial charge in [-0.2, -0.15) is 0 Å². The van der Waals surface area contributed by atoms with Crippen LogP contribution in [0.2, 0.25) is 5.02 Å². The van der Waals surface area contributed by atoms with Crippen molar-refractivity contribution in [3.8, 4) is 0 Å². The molecule has 7 rings (SSSR count). The Morgan fingerprint density at radius 1 is 0.977 bits per heavy atom. The Morgan fingerprint density at radius 3 is 2.40 bits per heavy atom. The summed E-state index contributed by atoms with van der Waals surface area (Å²) in [6.45, 7) is 8.13. The molecule has 43 heavy (non-hydrogen) atoms. The second kappa shape index (κ2) is 10.8. The minimum absolute atomic E-state index is 0.0574. The van der Waals surface area contributed by atoms with E-state index in [1.165, 1.54) is 28.0 Å². The first-order chi connectivity index (χ1) is 20.6. The predicted molar refractivity (Wildman–Crippen MR) is 163 cm³/mol. The molecule has 5 aliphatic rings. The molecule has 3 amide bonds. The van der Waals surface area contributed by atoms with Gasteiger partial charge in [-0.25, -0.2) is 4.39 Å². The average molecular weight is 605 g/mol. The quantitative estimate of drug-likeness (QED) is 0.461. The molecule has 3 saturated heterocycles. The maximum Gasteiger partial charge on any atom is 0.255 e. The van der Waals surface area contributed by atoms with Crippen molar-refractivity contribution in [2.75, 3.05) is 19.6 Å². The van der Waals surface area contributed by atoms with Crippen LogP contribution in [0.4, 0.5) is 4.39 Å². The summed E-state index contributed by atoms with van der Waals surface area (Å²) in [5.74, 6) is -1.51. The lowest BCUT2D eigenvalue weighted by molar-refractivity contribution is -0.136. The Balaban J connectivity index is 1.03. The molecule has 2 bridgehead atoms. The number of nitrogens with zero attached hydrogens (tertiary/aromatic N) is 3. The second-order valence-corrected chi connectivity index (χ2v) is 14.2. The van der Waals surface area contributed by atoms with Gasteiger partial charge >= 0.3 is 0 Å². The molecule has 1 unspecified atom stereocenters. The summed E-state index contributed by atoms with van der Waals surface area (Å²) in [7, 11) is 0. The fourth-order valence-electron chi connectivity index (χ4n) is 7.92. The van der Waals surface area contributed by atoms with Crippen LogP contribution in [0.1, 0.15) is 79.4 Å². The van der Waals surface area contributed by atoms with E-state index in [0.717, 1.165) is 43.9 Å². The molecule has 0 radical (unpaired) electrons. The van der Waals surface area contributed by atoms with Crippen molar-refractivity contribution in [3.63, 3.8) is 0 Å². The van der Waals surface area contributed by atoms with E-state index in [-0.39, 0.29) is 42.4 Å². The van der Waals surface area contributed by atoms with Gasteiger partial charge in [0.15, 0.2) is 0 Å². The highest BCUT2D eigenvalue weighted by molar-refractivity contribution is 6.30. The van der Waals surface area contributed by atoms with Gasteiger partial charge < -0.3 is 4.90 Å². The number of nitrogens with one attached hydrogen (secondary N) is 1. The van der Waals surface area contributed by atoms with Crippen molar-refractivity contribution in [2.24, 2.45) is 5.41 Å². The van der Waals surface area contributed by atoms with Crippen LogP contribution in [-0.4, -0.2) is 70.2 Å². The fraction of sp³-hybridized carbons (Fsp3) is 0.500. The molecule has 2 aromatic rings. The summed E-state index contributed by atoms with van der Waals surface area (Å²) < 4.78 is 15.8. The maximum atomic E-state index is 15.8. The van der Waals surface area contributed by atoms with Gasteiger partial charge in [-0.15, -0.1) is 0 Å². The van der Waals surface area contributed by atoms with E-state index in [1.54, 1.807) is 12.1 Å². The Hall–Kier alpha value is -3.07. The van der Waals surface area contributed by atoms with Gasteiger partial charge in [0.2, 0.25) is 11.8 Å². The van der Waals surface area contributed by atoms with Crippen LogP contribution in [0.25, 0.3) is 5.57 Å². The third-order valence-electron chi connectivity index (χ3n) is 10.3. The Morgan fingerprint density at radius 2 is 1.70 bits per heavy atom. The second-order valence-electron chi connectivity index (χ2n) is 13.8. The van der Waals surface area contributed by atoms with Gasteiger partial charge in [0.25, 0.3) is 5.91 Å². The number of benzene rings is 2. The molecule has 4 aliphatic heterocycles. The zero-order chi connectivity index (χ0) is 30.0. The number of imide groups is 1. The molecule has 0 aromatic heterocycles. The highest BCUT2D eigenvalue weighted by Gasteiger charge is 2.45. The summed E-state index contributed by atoms with van der Waals surface area (Å²) in [5.41, 5.74) is 5.84. The monoisotopic (exact) mass is 604 g/mol. The molecule has 3 fully saturated rings. The smallest absolute Gasteiger partial charge is 0.255 e. The van der Waals surface area contributed by atoms with Gasteiger partial charge in [0.05, 0.1) is 6.54 Å². The molecular weight excluding hydrogens is 567 g/mol. The Kier molecular flexibility index (Phi) is 7.22. The van der Waals surface area contributed by atoms with Crippen molar-refractivity contribution < 1.29 is 18.8 Å². The van der Waals surface area contributed by atoms with Gasteiger partial charge in [0.1, 0.15) is 11.9 Å². The van der Waals surface area contributed by atoms with Gasteiger partial charge in [-0.1, -0.05) is 49.2 Å². The first-order valence-electron chi connectivity index (χ1n) is 15.5. The van der Waals surface area contributed by atoms with Crippen LogP contribution in [-0.2, 0) is 22.7 Å². The van der Waals surface area contributed by atoms with E-state index in [1.807, 2.05) is 12.1 Å². The standard InChI is InChI=1S/C34H38ClFN4O3/c1-34(2)12-11-21(27(14-34)20-3-6-23(35)7-4-20)15-38-17-25-13-24(38)18-39(25)16-22-5-8-26-28(31(22)36)19-40(33(26)43)29-9-10-30(41)37-32(29)42/h3-8,24-25,29H,9-19H2,1-2H3,(H,37,41,42)/t24-,25-,29?/m1/s1. The molecule has 3 atom stereocenters. The molecule has 7 nitrogen and oxygen atoms in total. The molecule has 226 valence electrons. The van der Waals surface area contributed by atoms with Crippen molar-refractivity contribution >= 4 is 34.9 Å². The zero-order valence-electron chi connectivity index (χ0n) is 24.8. The third-order valence-corrected chi connectivity index (χ3v) is 10.6. The SMILES string of the molecule is CC1(C)CCC(CN2C[C@H]3C[C@@H]2CN3Cc2ccc3c(c2F)CN(C2CCC(=O)NC2=O)C3=O)=C(c2ccc(Cl)cc2)C1. The molecule has 2 aromatic carbocycles. The van der Waals surface area contributed by atoms with E-state index in [2.05, 4.69) is 41.1 Å². The summed E-state index contributed by atoms with van der Waals surface area (Å²) in [6, 6.07) is 11.8. The van der Waals surface area contributed by atoms with Crippen molar-refractivity contribution in [2.45, 2.75) is 83.6 Å². The van der Waals surface area contributed by atoms with Gasteiger partial charge in [-0.05, 0) is 66.9 Å². The Labute approximate surface area is 257 Å². The van der Waals surface area contributed by atoms with Crippen LogP contribution in [0.15, 0.2) is 42.0 Å². The number of amides is 3. The first-order valence-corrected chi connectivity index (χ1v) is 15.8. The number of piperazine rings is 1. The predicted octanol–water partition coefficient (Wildman–Crippen LogP) is 5.16. The van der Waals surface area contributed by atoms with Gasteiger partial charge in [-0.3, -0.25) is 29.5 Å². The fourth-order valence-corrected chi connectivity index (χ4v) is 8.05. The third kappa shape index (κ3) is 5.32. The molecule has 9 heteroatoms. The van der Waals surface area contributed by atoms with E-state index >= 15 is 4.39 Å². The number of carbonyl (C=O) groups excluding carboxylic acids is 3. The van der Waals surface area contributed by atoms with E-state index in [9.17, 15) is 14.4 Å². The van der Waals surface area contributed by atoms with Crippen LogP contribution < -0.4 is 5.32 Å². The molecule has 0 spiro atoms. The Bertz CT molecular complexity index is 1540. The molecular formula is C34H38ClFN4O3. The molecule has 4 heterocycles. The minimum atomic E-state index is -0.744. The lowest BCUT2D eigenvalue weighted by atomic mass is 9.72. The number of likely N-dealkylation sites (tertiary alicyclic amines) is 2. The number of hydrogen-bond acceptors (Lipinski definition) is 5. The number of allylic oxidation sites excluding steroid dienone is 1. The number of hydrogen-bond donors (Lipinski definition) is 1. The molecule has 1 aliphatic carbocycles. The first kappa shape index (κ1) is 28.7. The summed E-state index contributed by atoms with van der Waals surface area (Å²) in [4.78, 5) is 43.5. The van der Waals surface area contributed by atoms with Gasteiger partial charge in [0, 0.05) is 66.4 Å². The summed E-state index contributed by atoms with van der Waals surface area (Å²) in [6.07, 6.45) is 4.90. The highest BCUT2D eigenvalue weighted by Crippen LogP contribution is 2.44. The lowest BCUT2D eigenvalue weighted by Crippen LogP contribution is -2.52. The summed E-state index contributed by atoms with van der Waals surface area (Å²) in [5, 5.41) is 3.06. The highest BCUT2D eigenvalue weighted by atomic mass is 35.5. The van der Waals surface area contributed by atoms with E-state index in [4.69, 9.17) is 11.6 Å². The van der Waals surface area contributed by atoms with Crippen LogP contribution >= 0.6 is 11.6 Å². The minimum Gasteiger partial charge on any atom is -0.322 e. The number of halogens is 2. The van der Waals surface area contributed by atoms with Crippen molar-refractivity contribution in [1.29, 1.82) is 0 Å². The lowest BCUT2D eigenvalue weighted by Gasteiger charge is -2.38. The largest absolute Gasteiger partial charge is 0.322 e. The number of rotatable bonds is 6. The van der Waals surface area contributed by atoms with E-state index < -0.39 is 11.9 Å². The number of fused-ring (bicyclic) bond motifs is 3. The molecule has 0 saturated carbocycles. The number of piperidine rings is 1. The van der Waals surface area contributed by atoms with E-state index in [0.29, 0.717) is 35.3 Å². The van der Waals surface area contributed by atoms with Crippen molar-refractivity contribution in [1.82, 2.24) is 20.0 Å².